The van der Waals surface area contributed by atoms with E-state index in [4.69, 9.17) is 10.2 Å². The van der Waals surface area contributed by atoms with Gasteiger partial charge in [0.15, 0.2) is 10.3 Å². The Balaban J connectivity index is 1.59. The van der Waals surface area contributed by atoms with Crippen LogP contribution in [0.1, 0.15) is 5.56 Å². The van der Waals surface area contributed by atoms with Gasteiger partial charge in [0.2, 0.25) is 0 Å². The summed E-state index contributed by atoms with van der Waals surface area (Å²) < 4.78 is 1.17. The number of hydrogen-bond acceptors (Lipinski definition) is 7. The van der Waals surface area contributed by atoms with Crippen molar-refractivity contribution in [2.45, 2.75) is 4.90 Å². The van der Waals surface area contributed by atoms with E-state index in [1.54, 1.807) is 46.6 Å². The minimum absolute atomic E-state index is 0.649. The molecule has 2 aromatic carbocycles. The molecule has 25 heavy (non-hydrogen) atoms. The summed E-state index contributed by atoms with van der Waals surface area (Å²) in [7, 11) is 0. The van der Waals surface area contributed by atoms with Gasteiger partial charge in [0.25, 0.3) is 0 Å². The molecule has 2 aromatic heterocycles. The normalized spacial score (nSPS) is 10.7. The molecule has 0 unspecified atom stereocenters. The van der Waals surface area contributed by atoms with E-state index in [-0.39, 0.29) is 0 Å². The van der Waals surface area contributed by atoms with Crippen LogP contribution in [0.2, 0.25) is 0 Å². The Kier molecular flexibility index (Phi) is 4.40. The topological polar surface area (TPSA) is 61.6 Å². The molecule has 0 spiro atoms. The highest BCUT2D eigenvalue weighted by Crippen LogP contribution is 2.34. The molecule has 0 saturated heterocycles. The highest BCUT2D eigenvalue weighted by Gasteiger charge is 2.10. The van der Waals surface area contributed by atoms with E-state index in [0.717, 1.165) is 27.0 Å². The molecule has 0 saturated carbocycles. The van der Waals surface area contributed by atoms with Gasteiger partial charge < -0.3 is 5.32 Å². The molecule has 2 heterocycles. The molecule has 0 bridgehead atoms. The van der Waals surface area contributed by atoms with Crippen LogP contribution in [-0.4, -0.2) is 16.2 Å². The predicted octanol–water partition coefficient (Wildman–Crippen LogP) is 5.76. The van der Waals surface area contributed by atoms with Crippen molar-refractivity contribution in [1.29, 1.82) is 5.26 Å². The number of fused-ring (bicyclic) bond motifs is 1. The van der Waals surface area contributed by atoms with Crippen molar-refractivity contribution in [1.82, 2.24) is 9.97 Å². The Morgan fingerprint density at radius 1 is 1.08 bits per heavy atom. The maximum absolute atomic E-state index is 8.88. The zero-order valence-electron chi connectivity index (χ0n) is 13.2. The van der Waals surface area contributed by atoms with Gasteiger partial charge >= 0.3 is 0 Å². The van der Waals surface area contributed by atoms with Crippen LogP contribution >= 0.6 is 34.4 Å². The largest absolute Gasteiger partial charge is 0.307 e. The summed E-state index contributed by atoms with van der Waals surface area (Å²) in [5.41, 5.74) is 3.57. The van der Waals surface area contributed by atoms with Gasteiger partial charge in [-0.3, -0.25) is 0 Å². The van der Waals surface area contributed by atoms with Crippen LogP contribution in [-0.2, 0) is 0 Å². The van der Waals surface area contributed by atoms with E-state index in [0.29, 0.717) is 5.56 Å². The molecule has 122 valence electrons. The van der Waals surface area contributed by atoms with Gasteiger partial charge in [0, 0.05) is 15.8 Å². The Morgan fingerprint density at radius 2 is 1.92 bits per heavy atom. The Labute approximate surface area is 157 Å². The highest BCUT2D eigenvalue weighted by molar-refractivity contribution is 7.98. The second-order valence-corrected chi connectivity index (χ2v) is 7.91. The third-order valence-electron chi connectivity index (χ3n) is 3.63. The van der Waals surface area contributed by atoms with Crippen LogP contribution in [0.3, 0.4) is 0 Å². The van der Waals surface area contributed by atoms with Crippen molar-refractivity contribution >= 4 is 54.9 Å². The van der Waals surface area contributed by atoms with Gasteiger partial charge in [-0.2, -0.15) is 5.26 Å². The third-order valence-corrected chi connectivity index (χ3v) is 6.09. The number of nitrogens with one attached hydrogen (secondary N) is 1. The van der Waals surface area contributed by atoms with Crippen molar-refractivity contribution in [3.8, 4) is 17.3 Å². The lowest BCUT2D eigenvalue weighted by Gasteiger charge is -1.97. The van der Waals surface area contributed by atoms with E-state index in [1.165, 1.54) is 9.60 Å². The first-order chi connectivity index (χ1) is 12.3. The van der Waals surface area contributed by atoms with Gasteiger partial charge in [0.05, 0.1) is 27.5 Å². The minimum atomic E-state index is 0.649. The van der Waals surface area contributed by atoms with E-state index in [2.05, 4.69) is 40.8 Å². The molecule has 0 amide bonds. The van der Waals surface area contributed by atoms with Crippen LogP contribution in [0, 0.1) is 11.3 Å². The SMILES string of the molecule is CSc1cccc2sc(Nc3nc(-c4ccc(C#N)cc4)cs3)nc12. The third kappa shape index (κ3) is 3.24. The first-order valence-electron chi connectivity index (χ1n) is 7.43. The summed E-state index contributed by atoms with van der Waals surface area (Å²) in [4.78, 5) is 10.5. The van der Waals surface area contributed by atoms with Gasteiger partial charge in [-0.1, -0.05) is 29.5 Å². The van der Waals surface area contributed by atoms with Crippen molar-refractivity contribution in [3.05, 3.63) is 53.4 Å². The zero-order chi connectivity index (χ0) is 17.2. The van der Waals surface area contributed by atoms with E-state index in [9.17, 15) is 0 Å². The molecule has 0 radical (unpaired) electrons. The van der Waals surface area contributed by atoms with Crippen LogP contribution in [0.4, 0.5) is 10.3 Å². The summed E-state index contributed by atoms with van der Waals surface area (Å²) in [6, 6.07) is 15.8. The lowest BCUT2D eigenvalue weighted by Crippen LogP contribution is -1.88. The number of aromatic nitrogens is 2. The monoisotopic (exact) mass is 380 g/mol. The van der Waals surface area contributed by atoms with Crippen LogP contribution < -0.4 is 5.32 Å². The number of nitrogens with zero attached hydrogens (tertiary/aromatic N) is 3. The number of rotatable bonds is 4. The summed E-state index contributed by atoms with van der Waals surface area (Å²) in [6.07, 6.45) is 2.06. The Morgan fingerprint density at radius 3 is 2.68 bits per heavy atom. The molecule has 0 aliphatic rings. The molecule has 4 rings (SSSR count). The number of thiazole rings is 2. The quantitative estimate of drug-likeness (QED) is 0.456. The van der Waals surface area contributed by atoms with E-state index in [1.807, 2.05) is 17.5 Å². The fraction of sp³-hybridized carbons (Fsp3) is 0.0556. The summed E-state index contributed by atoms with van der Waals surface area (Å²) in [5, 5.41) is 15.9. The number of hydrogen-bond donors (Lipinski definition) is 1. The molecule has 1 N–H and O–H groups in total. The molecule has 4 aromatic rings. The molecular weight excluding hydrogens is 368 g/mol. The molecule has 4 nitrogen and oxygen atoms in total. The average Bonchev–Trinajstić information content (AvgIpc) is 3.28. The van der Waals surface area contributed by atoms with Gasteiger partial charge in [0.1, 0.15) is 0 Å². The summed E-state index contributed by atoms with van der Waals surface area (Å²) in [6.45, 7) is 0. The summed E-state index contributed by atoms with van der Waals surface area (Å²) >= 11 is 4.87. The molecular formula is C18H12N4S3. The molecule has 0 atom stereocenters. The van der Waals surface area contributed by atoms with Crippen molar-refractivity contribution < 1.29 is 0 Å². The summed E-state index contributed by atoms with van der Waals surface area (Å²) in [5.74, 6) is 0. The lowest BCUT2D eigenvalue weighted by molar-refractivity contribution is 1.35. The van der Waals surface area contributed by atoms with Gasteiger partial charge in [-0.15, -0.1) is 23.1 Å². The smallest absolute Gasteiger partial charge is 0.190 e. The second kappa shape index (κ2) is 6.84. The number of thioether (sulfide) groups is 1. The predicted molar refractivity (Wildman–Crippen MR) is 107 cm³/mol. The molecule has 0 aliphatic heterocycles. The standard InChI is InChI=1S/C18H12N4S3/c1-23-14-3-2-4-15-16(14)21-18(25-15)22-17-20-13(10-24-17)12-7-5-11(9-19)6-8-12/h2-8,10H,1H3,(H,20,21,22). The molecule has 0 aliphatic carbocycles. The van der Waals surface area contributed by atoms with Gasteiger partial charge in [-0.05, 0) is 30.5 Å². The first-order valence-corrected chi connectivity index (χ1v) is 10.4. The average molecular weight is 381 g/mol. The number of nitriles is 1. The van der Waals surface area contributed by atoms with Crippen LogP contribution in [0.25, 0.3) is 21.5 Å². The maximum atomic E-state index is 8.88. The van der Waals surface area contributed by atoms with Crippen LogP contribution in [0.5, 0.6) is 0 Å². The minimum Gasteiger partial charge on any atom is -0.307 e. The van der Waals surface area contributed by atoms with Crippen LogP contribution in [0.15, 0.2) is 52.7 Å². The highest BCUT2D eigenvalue weighted by atomic mass is 32.2. The fourth-order valence-electron chi connectivity index (χ4n) is 2.41. The van der Waals surface area contributed by atoms with Crippen molar-refractivity contribution in [3.63, 3.8) is 0 Å². The van der Waals surface area contributed by atoms with E-state index < -0.39 is 0 Å². The second-order valence-electron chi connectivity index (χ2n) is 5.18. The van der Waals surface area contributed by atoms with E-state index >= 15 is 0 Å². The number of para-hydroxylation sites is 1. The maximum Gasteiger partial charge on any atom is 0.190 e. The van der Waals surface area contributed by atoms with Gasteiger partial charge in [-0.25, -0.2) is 9.97 Å². The van der Waals surface area contributed by atoms with Crippen molar-refractivity contribution in [2.75, 3.05) is 11.6 Å². The Bertz CT molecular complexity index is 1070. The lowest BCUT2D eigenvalue weighted by atomic mass is 10.1. The molecule has 7 heteroatoms. The molecule has 0 fully saturated rings. The number of benzene rings is 2. The Hall–Kier alpha value is -2.40. The van der Waals surface area contributed by atoms with Crippen molar-refractivity contribution in [2.24, 2.45) is 0 Å². The fourth-order valence-corrected chi connectivity index (χ4v) is 4.72. The number of anilines is 2. The first kappa shape index (κ1) is 16.1. The zero-order valence-corrected chi connectivity index (χ0v) is 15.6.